The van der Waals surface area contributed by atoms with Crippen LogP contribution in [0.25, 0.3) is 0 Å². The summed E-state index contributed by atoms with van der Waals surface area (Å²) in [6.45, 7) is 7.62. The Hall–Kier alpha value is -0.930. The molecule has 1 atom stereocenters. The number of aryl methyl sites for hydroxylation is 1. The van der Waals surface area contributed by atoms with E-state index in [1.54, 1.807) is 7.11 Å². The lowest BCUT2D eigenvalue weighted by Crippen LogP contribution is -2.33. The molecule has 0 fully saturated rings. The van der Waals surface area contributed by atoms with Crippen LogP contribution in [0.2, 0.25) is 0 Å². The summed E-state index contributed by atoms with van der Waals surface area (Å²) in [5.41, 5.74) is 1.34. The summed E-state index contributed by atoms with van der Waals surface area (Å²) in [7, 11) is 1.80. The Morgan fingerprint density at radius 2 is 1.95 bits per heavy atom. The van der Waals surface area contributed by atoms with Gasteiger partial charge in [-0.3, -0.25) is 4.98 Å². The fourth-order valence-corrected chi connectivity index (χ4v) is 2.21. The van der Waals surface area contributed by atoms with Crippen molar-refractivity contribution in [1.29, 1.82) is 0 Å². The second-order valence-corrected chi connectivity index (χ2v) is 6.05. The first-order chi connectivity index (χ1) is 9.57. The van der Waals surface area contributed by atoms with Gasteiger partial charge in [0.2, 0.25) is 0 Å². The molecule has 3 heteroatoms. The number of hydrogen-bond donors (Lipinski definition) is 1. The summed E-state index contributed by atoms with van der Waals surface area (Å²) in [5.74, 6) is 0. The Morgan fingerprint density at radius 3 is 2.55 bits per heavy atom. The van der Waals surface area contributed by atoms with Gasteiger partial charge in [-0.1, -0.05) is 6.92 Å². The molecule has 0 aromatic carbocycles. The van der Waals surface area contributed by atoms with Gasteiger partial charge in [0.25, 0.3) is 0 Å². The van der Waals surface area contributed by atoms with Crippen LogP contribution in [0.5, 0.6) is 0 Å². The monoisotopic (exact) mass is 278 g/mol. The van der Waals surface area contributed by atoms with Crippen molar-refractivity contribution in [3.63, 3.8) is 0 Å². The molecule has 1 rings (SSSR count). The summed E-state index contributed by atoms with van der Waals surface area (Å²) in [6.07, 6.45) is 9.45. The molecule has 0 bridgehead atoms. The Bertz CT molecular complexity index is 351. The highest BCUT2D eigenvalue weighted by Crippen LogP contribution is 2.18. The highest BCUT2D eigenvalue weighted by atomic mass is 16.5. The predicted molar refractivity (Wildman–Crippen MR) is 85.0 cm³/mol. The fourth-order valence-electron chi connectivity index (χ4n) is 2.21. The summed E-state index contributed by atoms with van der Waals surface area (Å²) >= 11 is 0. The lowest BCUT2D eigenvalue weighted by Gasteiger charge is -2.26. The van der Waals surface area contributed by atoms with Crippen LogP contribution in [0.3, 0.4) is 0 Å². The average molecular weight is 278 g/mol. The van der Waals surface area contributed by atoms with Gasteiger partial charge < -0.3 is 10.1 Å². The highest BCUT2D eigenvalue weighted by Gasteiger charge is 2.19. The Morgan fingerprint density at radius 1 is 1.25 bits per heavy atom. The number of hydrogen-bond acceptors (Lipinski definition) is 3. The van der Waals surface area contributed by atoms with E-state index in [-0.39, 0.29) is 5.60 Å². The molecule has 1 heterocycles. The number of rotatable bonds is 10. The van der Waals surface area contributed by atoms with Crippen molar-refractivity contribution >= 4 is 0 Å². The normalized spacial score (nSPS) is 13.4. The van der Waals surface area contributed by atoms with Crippen LogP contribution in [0.15, 0.2) is 24.5 Å². The third-order valence-electron chi connectivity index (χ3n) is 3.86. The third-order valence-corrected chi connectivity index (χ3v) is 3.86. The summed E-state index contributed by atoms with van der Waals surface area (Å²) in [6, 6.07) is 4.78. The van der Waals surface area contributed by atoms with Crippen molar-refractivity contribution in [2.24, 2.45) is 0 Å². The molecule has 1 aromatic rings. The van der Waals surface area contributed by atoms with E-state index in [0.717, 1.165) is 25.8 Å². The van der Waals surface area contributed by atoms with Gasteiger partial charge in [-0.05, 0) is 70.2 Å². The molecular formula is C17H30N2O. The minimum atomic E-state index is -0.0250. The molecule has 0 spiro atoms. The molecule has 1 unspecified atom stereocenters. The first-order valence-electron chi connectivity index (χ1n) is 7.75. The molecule has 20 heavy (non-hydrogen) atoms. The van der Waals surface area contributed by atoms with E-state index in [4.69, 9.17) is 4.74 Å². The van der Waals surface area contributed by atoms with Gasteiger partial charge in [-0.25, -0.2) is 0 Å². The summed E-state index contributed by atoms with van der Waals surface area (Å²) in [4.78, 5) is 4.07. The number of nitrogens with zero attached hydrogens (tertiary/aromatic N) is 1. The third kappa shape index (κ3) is 7.01. The first kappa shape index (κ1) is 17.1. The van der Waals surface area contributed by atoms with Gasteiger partial charge in [-0.2, -0.15) is 0 Å². The zero-order chi connectivity index (χ0) is 14.8. The van der Waals surface area contributed by atoms with E-state index in [2.05, 4.69) is 43.2 Å². The average Bonchev–Trinajstić information content (AvgIpc) is 2.47. The van der Waals surface area contributed by atoms with E-state index >= 15 is 0 Å². The van der Waals surface area contributed by atoms with Crippen LogP contribution >= 0.6 is 0 Å². The van der Waals surface area contributed by atoms with Crippen LogP contribution in [0, 0.1) is 0 Å². The first-order valence-corrected chi connectivity index (χ1v) is 7.75. The Kier molecular flexibility index (Phi) is 7.78. The zero-order valence-corrected chi connectivity index (χ0v) is 13.5. The van der Waals surface area contributed by atoms with Crippen molar-refractivity contribution in [2.45, 2.75) is 64.5 Å². The molecule has 0 saturated carbocycles. The molecule has 0 aliphatic rings. The quantitative estimate of drug-likeness (QED) is 0.710. The number of ether oxygens (including phenoxy) is 1. The maximum atomic E-state index is 5.52. The van der Waals surface area contributed by atoms with Gasteiger partial charge >= 0.3 is 0 Å². The van der Waals surface area contributed by atoms with Gasteiger partial charge in [0.05, 0.1) is 5.60 Å². The molecule has 1 N–H and O–H groups in total. The molecule has 1 aromatic heterocycles. The van der Waals surface area contributed by atoms with Crippen molar-refractivity contribution in [1.82, 2.24) is 10.3 Å². The number of methoxy groups -OCH3 is 1. The summed E-state index contributed by atoms with van der Waals surface area (Å²) < 4.78 is 5.52. The van der Waals surface area contributed by atoms with Crippen LogP contribution < -0.4 is 5.32 Å². The molecule has 0 aliphatic carbocycles. The van der Waals surface area contributed by atoms with E-state index in [1.807, 2.05) is 12.4 Å². The highest BCUT2D eigenvalue weighted by molar-refractivity contribution is 5.09. The number of pyridine rings is 1. The van der Waals surface area contributed by atoms with Crippen molar-refractivity contribution in [3.8, 4) is 0 Å². The molecule has 0 aliphatic heterocycles. The maximum absolute atomic E-state index is 5.52. The minimum absolute atomic E-state index is 0.0250. The second kappa shape index (κ2) is 9.09. The van der Waals surface area contributed by atoms with E-state index < -0.39 is 0 Å². The van der Waals surface area contributed by atoms with E-state index in [0.29, 0.717) is 6.04 Å². The smallest absolute Gasteiger partial charge is 0.0623 e. The van der Waals surface area contributed by atoms with Crippen molar-refractivity contribution in [3.05, 3.63) is 30.1 Å². The van der Waals surface area contributed by atoms with Gasteiger partial charge in [0.1, 0.15) is 0 Å². The molecule has 3 nitrogen and oxygen atoms in total. The zero-order valence-electron chi connectivity index (χ0n) is 13.5. The number of aromatic nitrogens is 1. The maximum Gasteiger partial charge on any atom is 0.0623 e. The topological polar surface area (TPSA) is 34.2 Å². The minimum Gasteiger partial charge on any atom is -0.379 e. The van der Waals surface area contributed by atoms with Gasteiger partial charge in [-0.15, -0.1) is 0 Å². The lowest BCUT2D eigenvalue weighted by atomic mass is 9.95. The molecule has 0 radical (unpaired) electrons. The van der Waals surface area contributed by atoms with E-state index in [1.165, 1.54) is 18.4 Å². The molecular weight excluding hydrogens is 248 g/mol. The Balaban J connectivity index is 2.43. The SMILES string of the molecule is CCCNC(CCc1ccncc1)CCC(C)(C)OC. The molecule has 114 valence electrons. The summed E-state index contributed by atoms with van der Waals surface area (Å²) in [5, 5.41) is 3.67. The van der Waals surface area contributed by atoms with Crippen LogP contribution in [0.1, 0.15) is 52.0 Å². The van der Waals surface area contributed by atoms with Crippen molar-refractivity contribution < 1.29 is 4.74 Å². The Labute approximate surface area is 124 Å². The van der Waals surface area contributed by atoms with Crippen molar-refractivity contribution in [2.75, 3.05) is 13.7 Å². The fraction of sp³-hybridized carbons (Fsp3) is 0.706. The van der Waals surface area contributed by atoms with Crippen LogP contribution in [0.4, 0.5) is 0 Å². The van der Waals surface area contributed by atoms with Crippen LogP contribution in [-0.2, 0) is 11.2 Å². The van der Waals surface area contributed by atoms with Crippen LogP contribution in [-0.4, -0.2) is 30.3 Å². The standard InChI is InChI=1S/C17H30N2O/c1-5-12-19-16(8-11-17(2,3)20-4)7-6-15-9-13-18-14-10-15/h9-10,13-14,16,19H,5-8,11-12H2,1-4H3. The van der Waals surface area contributed by atoms with Gasteiger partial charge in [0.15, 0.2) is 0 Å². The number of nitrogens with one attached hydrogen (secondary N) is 1. The second-order valence-electron chi connectivity index (χ2n) is 6.05. The molecule has 0 amide bonds. The molecule has 0 saturated heterocycles. The van der Waals surface area contributed by atoms with E-state index in [9.17, 15) is 0 Å². The predicted octanol–water partition coefficient (Wildman–Crippen LogP) is 3.59. The van der Waals surface area contributed by atoms with Gasteiger partial charge in [0, 0.05) is 25.5 Å². The largest absolute Gasteiger partial charge is 0.379 e. The lowest BCUT2D eigenvalue weighted by molar-refractivity contribution is 0.0115.